The molecule has 1 fully saturated rings. The average molecular weight is 364 g/mol. The summed E-state index contributed by atoms with van der Waals surface area (Å²) in [6.07, 6.45) is 4.24. The molecular weight excluding hydrogens is 349 g/mol. The quantitative estimate of drug-likeness (QED) is 0.668. The molecule has 124 valence electrons. The summed E-state index contributed by atoms with van der Waals surface area (Å²) in [7, 11) is 1.56. The van der Waals surface area contributed by atoms with E-state index >= 15 is 0 Å². The normalized spacial score (nSPS) is 15.9. The predicted molar refractivity (Wildman–Crippen MR) is 92.9 cm³/mol. The van der Waals surface area contributed by atoms with Crippen LogP contribution in [0.15, 0.2) is 24.5 Å². The summed E-state index contributed by atoms with van der Waals surface area (Å²) < 4.78 is 10.8. The Morgan fingerprint density at radius 3 is 2.25 bits per heavy atom. The van der Waals surface area contributed by atoms with E-state index in [9.17, 15) is 0 Å². The summed E-state index contributed by atoms with van der Waals surface area (Å²) >= 11 is 12.2. The Hall–Kier alpha value is -2.00. The Bertz CT molecular complexity index is 798. The van der Waals surface area contributed by atoms with Crippen LogP contribution in [0.3, 0.4) is 0 Å². The van der Waals surface area contributed by atoms with E-state index in [1.165, 1.54) is 6.20 Å². The van der Waals surface area contributed by atoms with Crippen LogP contribution in [0.5, 0.6) is 11.5 Å². The summed E-state index contributed by atoms with van der Waals surface area (Å²) in [4.78, 5) is 8.14. The molecule has 0 aliphatic carbocycles. The van der Waals surface area contributed by atoms with Crippen LogP contribution in [0.2, 0.25) is 10.3 Å². The minimum Gasteiger partial charge on any atom is -0.495 e. The number of hydrogen-bond donors (Lipinski definition) is 1. The van der Waals surface area contributed by atoms with Crippen LogP contribution in [0.4, 0.5) is 0 Å². The van der Waals surface area contributed by atoms with Gasteiger partial charge in [0, 0.05) is 18.2 Å². The summed E-state index contributed by atoms with van der Waals surface area (Å²) in [5.74, 6) is 7.11. The first kappa shape index (κ1) is 16.8. The first-order chi connectivity index (χ1) is 11.7. The number of pyridine rings is 2. The van der Waals surface area contributed by atoms with E-state index in [1.54, 1.807) is 25.4 Å². The molecule has 0 saturated carbocycles. The maximum atomic E-state index is 6.11. The van der Waals surface area contributed by atoms with Gasteiger partial charge in [-0.15, -0.1) is 0 Å². The second kappa shape index (κ2) is 7.71. The highest BCUT2D eigenvalue weighted by Crippen LogP contribution is 2.21. The van der Waals surface area contributed by atoms with Crippen LogP contribution in [0.1, 0.15) is 17.5 Å². The number of aromatic nitrogens is 2. The summed E-state index contributed by atoms with van der Waals surface area (Å²) in [6.45, 7) is 1.64. The third-order valence-electron chi connectivity index (χ3n) is 3.57. The van der Waals surface area contributed by atoms with Gasteiger partial charge < -0.3 is 14.8 Å². The third kappa shape index (κ3) is 4.09. The Morgan fingerprint density at radius 2 is 1.71 bits per heavy atom. The minimum atomic E-state index is 0.302. The molecule has 3 heterocycles. The van der Waals surface area contributed by atoms with Crippen molar-refractivity contribution in [3.8, 4) is 23.3 Å². The number of nitrogens with zero attached hydrogens (tertiary/aromatic N) is 2. The van der Waals surface area contributed by atoms with Crippen LogP contribution in [0, 0.1) is 11.8 Å². The van der Waals surface area contributed by atoms with Crippen LogP contribution in [-0.4, -0.2) is 36.3 Å². The molecule has 5 nitrogen and oxygen atoms in total. The molecule has 2 aromatic heterocycles. The van der Waals surface area contributed by atoms with Crippen LogP contribution in [0.25, 0.3) is 0 Å². The Labute approximate surface area is 150 Å². The van der Waals surface area contributed by atoms with E-state index < -0.39 is 0 Å². The zero-order valence-electron chi connectivity index (χ0n) is 13.0. The number of halogens is 2. The van der Waals surface area contributed by atoms with E-state index in [-0.39, 0.29) is 0 Å². The molecule has 1 unspecified atom stereocenters. The maximum Gasteiger partial charge on any atom is 0.144 e. The van der Waals surface area contributed by atoms with Crippen molar-refractivity contribution in [3.05, 3.63) is 46.0 Å². The lowest BCUT2D eigenvalue weighted by Gasteiger charge is -2.27. The summed E-state index contributed by atoms with van der Waals surface area (Å²) in [5.41, 5.74) is 1.12. The second-order valence-electron chi connectivity index (χ2n) is 5.22. The lowest BCUT2D eigenvalue weighted by Crippen LogP contribution is -2.46. The van der Waals surface area contributed by atoms with Gasteiger partial charge in [-0.25, -0.2) is 9.97 Å². The number of nitrogens with one attached hydrogen (secondary N) is 1. The van der Waals surface area contributed by atoms with Crippen LogP contribution >= 0.6 is 23.2 Å². The zero-order chi connectivity index (χ0) is 16.9. The van der Waals surface area contributed by atoms with Gasteiger partial charge in [-0.2, -0.15) is 0 Å². The molecule has 2 aromatic rings. The van der Waals surface area contributed by atoms with Gasteiger partial charge in [0.05, 0.1) is 30.6 Å². The zero-order valence-corrected chi connectivity index (χ0v) is 14.5. The molecule has 1 aliphatic rings. The predicted octanol–water partition coefficient (Wildman–Crippen LogP) is 2.93. The molecule has 1 saturated heterocycles. The molecule has 1 N–H and O–H groups in total. The van der Waals surface area contributed by atoms with E-state index in [0.717, 1.165) is 13.0 Å². The molecule has 1 atom stereocenters. The molecule has 0 aromatic carbocycles. The molecule has 0 amide bonds. The first-order valence-corrected chi connectivity index (χ1v) is 8.14. The molecule has 3 rings (SSSR count). The van der Waals surface area contributed by atoms with Crippen molar-refractivity contribution in [2.24, 2.45) is 0 Å². The fourth-order valence-electron chi connectivity index (χ4n) is 2.05. The van der Waals surface area contributed by atoms with E-state index in [4.69, 9.17) is 32.7 Å². The van der Waals surface area contributed by atoms with Crippen molar-refractivity contribution in [2.45, 2.75) is 12.5 Å². The lowest BCUT2D eigenvalue weighted by atomic mass is 10.1. The van der Waals surface area contributed by atoms with Gasteiger partial charge in [0.15, 0.2) is 0 Å². The fourth-order valence-corrected chi connectivity index (χ4v) is 2.35. The molecular formula is C17H15Cl2N3O2. The van der Waals surface area contributed by atoms with Gasteiger partial charge in [0.1, 0.15) is 28.4 Å². The maximum absolute atomic E-state index is 6.11. The van der Waals surface area contributed by atoms with Crippen molar-refractivity contribution >= 4 is 23.2 Å². The highest BCUT2D eigenvalue weighted by Gasteiger charge is 2.16. The molecule has 24 heavy (non-hydrogen) atoms. The topological polar surface area (TPSA) is 56.3 Å². The Morgan fingerprint density at radius 1 is 1.12 bits per heavy atom. The monoisotopic (exact) mass is 363 g/mol. The summed E-state index contributed by atoms with van der Waals surface area (Å²) in [5, 5.41) is 3.88. The number of rotatable bonds is 4. The van der Waals surface area contributed by atoms with Gasteiger partial charge in [-0.3, -0.25) is 0 Å². The van der Waals surface area contributed by atoms with Crippen molar-refractivity contribution < 1.29 is 9.47 Å². The van der Waals surface area contributed by atoms with Crippen molar-refractivity contribution in [1.29, 1.82) is 0 Å². The molecule has 1 aliphatic heterocycles. The van der Waals surface area contributed by atoms with Gasteiger partial charge in [-0.05, 0) is 13.0 Å². The molecule has 0 radical (unpaired) electrons. The average Bonchev–Trinajstić information content (AvgIpc) is 2.55. The van der Waals surface area contributed by atoms with Gasteiger partial charge in [0.2, 0.25) is 0 Å². The summed E-state index contributed by atoms with van der Waals surface area (Å²) in [6, 6.07) is 3.88. The third-order valence-corrected chi connectivity index (χ3v) is 4.17. The first-order valence-electron chi connectivity index (χ1n) is 7.39. The van der Waals surface area contributed by atoms with Crippen LogP contribution in [-0.2, 0) is 0 Å². The highest BCUT2D eigenvalue weighted by molar-refractivity contribution is 6.31. The number of ether oxygens (including phenoxy) is 2. The molecule has 0 spiro atoms. The van der Waals surface area contributed by atoms with E-state index in [0.29, 0.717) is 45.6 Å². The largest absolute Gasteiger partial charge is 0.495 e. The minimum absolute atomic E-state index is 0.302. The van der Waals surface area contributed by atoms with Crippen LogP contribution < -0.4 is 14.8 Å². The lowest BCUT2D eigenvalue weighted by molar-refractivity contribution is 0.217. The number of hydrogen-bond acceptors (Lipinski definition) is 5. The van der Waals surface area contributed by atoms with Gasteiger partial charge in [0.25, 0.3) is 0 Å². The standard InChI is InChI=1S/C17H15Cl2N3O2/c1-23-14-6-11(16(18)21-8-14)2-3-12-7-15(9-22-17(12)19)24-10-13-4-5-20-13/h6-9,13,20H,4-5,10H2,1H3. The van der Waals surface area contributed by atoms with E-state index in [2.05, 4.69) is 27.1 Å². The highest BCUT2D eigenvalue weighted by atomic mass is 35.5. The van der Waals surface area contributed by atoms with Crippen molar-refractivity contribution in [3.63, 3.8) is 0 Å². The second-order valence-corrected chi connectivity index (χ2v) is 5.94. The smallest absolute Gasteiger partial charge is 0.144 e. The van der Waals surface area contributed by atoms with E-state index in [1.807, 2.05) is 0 Å². The fraction of sp³-hybridized carbons (Fsp3) is 0.294. The molecule has 0 bridgehead atoms. The Kier molecular flexibility index (Phi) is 5.41. The van der Waals surface area contributed by atoms with Crippen molar-refractivity contribution in [1.82, 2.24) is 15.3 Å². The SMILES string of the molecule is COc1cnc(Cl)c(C#Cc2cc(OCC3CCN3)cnc2Cl)c1. The number of methoxy groups -OCH3 is 1. The molecule has 7 heteroatoms. The Balaban J connectivity index is 1.79. The van der Waals surface area contributed by atoms with Gasteiger partial charge in [-0.1, -0.05) is 35.0 Å². The van der Waals surface area contributed by atoms with Crippen molar-refractivity contribution in [2.75, 3.05) is 20.3 Å². The van der Waals surface area contributed by atoms with Gasteiger partial charge >= 0.3 is 0 Å².